The summed E-state index contributed by atoms with van der Waals surface area (Å²) in [5, 5.41) is 11.8. The fourth-order valence-corrected chi connectivity index (χ4v) is 4.71. The lowest BCUT2D eigenvalue weighted by atomic mass is 9.95. The van der Waals surface area contributed by atoms with Gasteiger partial charge in [0.15, 0.2) is 5.54 Å². The van der Waals surface area contributed by atoms with Gasteiger partial charge in [-0.1, -0.05) is 0 Å². The van der Waals surface area contributed by atoms with Crippen LogP contribution in [0.2, 0.25) is 0 Å². The van der Waals surface area contributed by atoms with Crippen molar-refractivity contribution in [3.05, 3.63) is 29.3 Å². The van der Waals surface area contributed by atoms with Crippen molar-refractivity contribution in [2.24, 2.45) is 5.10 Å². The Balaban J connectivity index is 2.16. The lowest BCUT2D eigenvalue weighted by Gasteiger charge is -2.19. The van der Waals surface area contributed by atoms with Crippen LogP contribution < -0.4 is 4.31 Å². The number of nitrogens with zero attached hydrogens (tertiary/aromatic N) is 4. The lowest BCUT2D eigenvalue weighted by Crippen LogP contribution is -2.43. The Bertz CT molecular complexity index is 1060. The third-order valence-electron chi connectivity index (χ3n) is 4.23. The van der Waals surface area contributed by atoms with Gasteiger partial charge in [-0.25, -0.2) is 0 Å². The quantitative estimate of drug-likeness (QED) is 0.645. The van der Waals surface area contributed by atoms with Gasteiger partial charge in [0.25, 0.3) is 5.91 Å². The zero-order valence-corrected chi connectivity index (χ0v) is 14.4. The summed E-state index contributed by atoms with van der Waals surface area (Å²) in [7, 11) is -5.02. The summed E-state index contributed by atoms with van der Waals surface area (Å²) < 4.78 is 103. The first-order valence-electron chi connectivity index (χ1n) is 7.30. The molecule has 0 bridgehead atoms. The Hall–Kier alpha value is -2.82. The van der Waals surface area contributed by atoms with E-state index in [-0.39, 0.29) is 14.8 Å². The van der Waals surface area contributed by atoms with Crippen molar-refractivity contribution >= 4 is 27.5 Å². The summed E-state index contributed by atoms with van der Waals surface area (Å²) in [4.78, 5) is 12.6. The van der Waals surface area contributed by atoms with Gasteiger partial charge in [-0.05, 0) is 25.1 Å². The maximum absolute atomic E-state index is 13.1. The Kier molecular flexibility index (Phi) is 3.98. The molecule has 2 heterocycles. The number of benzene rings is 1. The molecule has 0 aliphatic carbocycles. The van der Waals surface area contributed by atoms with E-state index in [4.69, 9.17) is 5.26 Å². The van der Waals surface area contributed by atoms with Gasteiger partial charge in [-0.15, -0.1) is 0 Å². The molecule has 0 N–H and O–H groups in total. The minimum Gasteiger partial charge on any atom is -0.270 e. The van der Waals surface area contributed by atoms with E-state index in [2.05, 4.69) is 5.10 Å². The average Bonchev–Trinajstić information content (AvgIpc) is 2.99. The van der Waals surface area contributed by atoms with Crippen LogP contribution in [0.3, 0.4) is 0 Å². The topological polar surface area (TPSA) is 93.8 Å². The first-order valence-corrected chi connectivity index (χ1v) is 8.70. The molecule has 0 radical (unpaired) electrons. The fourth-order valence-electron chi connectivity index (χ4n) is 2.91. The molecule has 2 aliphatic rings. The number of carbonyl (C=O) groups is 1. The van der Waals surface area contributed by atoms with Gasteiger partial charge >= 0.3 is 22.6 Å². The van der Waals surface area contributed by atoms with E-state index in [1.54, 1.807) is 0 Å². The van der Waals surface area contributed by atoms with Gasteiger partial charge in [0.05, 0.1) is 22.9 Å². The number of rotatable bonds is 1. The molecule has 1 fully saturated rings. The Morgan fingerprint density at radius 2 is 1.79 bits per heavy atom. The third-order valence-corrected chi connectivity index (χ3v) is 5.99. The number of alkyl halides is 6. The van der Waals surface area contributed by atoms with Crippen molar-refractivity contribution in [3.8, 4) is 6.07 Å². The van der Waals surface area contributed by atoms with Crippen LogP contribution in [0, 0.1) is 11.3 Å². The molecular weight excluding hydrogens is 418 g/mol. The minimum atomic E-state index is -5.03. The molecule has 1 aromatic carbocycles. The summed E-state index contributed by atoms with van der Waals surface area (Å²) in [5.74, 6) is -1.40. The molecule has 1 aromatic rings. The maximum atomic E-state index is 13.1. The van der Waals surface area contributed by atoms with Gasteiger partial charge in [0, 0.05) is 6.42 Å². The van der Waals surface area contributed by atoms with Crippen molar-refractivity contribution in [2.75, 3.05) is 4.31 Å². The van der Waals surface area contributed by atoms with Crippen LogP contribution in [0.1, 0.15) is 24.5 Å². The molecule has 0 unspecified atom stereocenters. The number of amides is 1. The monoisotopic (exact) mass is 426 g/mol. The van der Waals surface area contributed by atoms with Crippen LogP contribution in [-0.4, -0.2) is 36.2 Å². The zero-order chi connectivity index (χ0) is 21.3. The first kappa shape index (κ1) is 19.9. The Morgan fingerprint density at radius 1 is 1.18 bits per heavy atom. The molecule has 1 atom stereocenters. The van der Waals surface area contributed by atoms with E-state index in [1.165, 1.54) is 6.07 Å². The standard InChI is InChI=1S/C14H8F6N4O3S/c1-12-5-10(14(18,19)20)22-24(12)28(26,27)23(11(12)25)8-3-2-7(6-21)9(4-8)13(15,16)17/h2-4H,5H2,1H3/t12-/m0/s1. The van der Waals surface area contributed by atoms with Crippen LogP contribution in [0.4, 0.5) is 32.0 Å². The molecule has 1 amide bonds. The molecule has 1 saturated heterocycles. The maximum Gasteiger partial charge on any atom is 0.431 e. The predicted octanol–water partition coefficient (Wildman–Crippen LogP) is 2.55. The predicted molar refractivity (Wildman–Crippen MR) is 80.9 cm³/mol. The van der Waals surface area contributed by atoms with Gasteiger partial charge < -0.3 is 0 Å². The second-order valence-corrected chi connectivity index (χ2v) is 7.76. The summed E-state index contributed by atoms with van der Waals surface area (Å²) in [6.45, 7) is 0.892. The van der Waals surface area contributed by atoms with E-state index >= 15 is 0 Å². The largest absolute Gasteiger partial charge is 0.431 e. The number of anilines is 1. The lowest BCUT2D eigenvalue weighted by molar-refractivity contribution is -0.137. The fraction of sp³-hybridized carbons (Fsp3) is 0.357. The zero-order valence-electron chi connectivity index (χ0n) is 13.6. The molecule has 0 spiro atoms. The molecule has 28 heavy (non-hydrogen) atoms. The Labute approximate surface area is 153 Å². The summed E-state index contributed by atoms with van der Waals surface area (Å²) in [6.07, 6.45) is -11.1. The van der Waals surface area contributed by atoms with Gasteiger partial charge in [0.2, 0.25) is 0 Å². The van der Waals surface area contributed by atoms with Crippen LogP contribution in [0.15, 0.2) is 23.3 Å². The average molecular weight is 426 g/mol. The molecule has 0 saturated carbocycles. The second-order valence-electron chi connectivity index (χ2n) is 6.15. The SMILES string of the molecule is C[C@@]12CC(C(F)(F)F)=NN1S(=O)(=O)N(c1ccc(C#N)c(C(F)(F)F)c1)C2=O. The van der Waals surface area contributed by atoms with Crippen LogP contribution >= 0.6 is 0 Å². The smallest absolute Gasteiger partial charge is 0.270 e. The van der Waals surface area contributed by atoms with E-state index in [9.17, 15) is 39.6 Å². The molecular formula is C14H8F6N4O3S. The molecule has 150 valence electrons. The molecule has 3 rings (SSSR count). The van der Waals surface area contributed by atoms with Crippen molar-refractivity contribution in [1.82, 2.24) is 4.41 Å². The van der Waals surface area contributed by atoms with Crippen LogP contribution in [-0.2, 0) is 21.2 Å². The Morgan fingerprint density at radius 3 is 2.25 bits per heavy atom. The molecule has 7 nitrogen and oxygen atoms in total. The van der Waals surface area contributed by atoms with E-state index in [0.29, 0.717) is 6.07 Å². The number of nitriles is 1. The van der Waals surface area contributed by atoms with Gasteiger partial charge in [-0.3, -0.25) is 4.79 Å². The summed E-state index contributed by atoms with van der Waals surface area (Å²) in [6, 6.07) is 3.01. The number of halogens is 6. The van der Waals surface area contributed by atoms with Gasteiger partial charge in [0.1, 0.15) is 5.71 Å². The van der Waals surface area contributed by atoms with E-state index in [1.807, 2.05) is 0 Å². The number of hydrogen-bond donors (Lipinski definition) is 0. The summed E-state index contributed by atoms with van der Waals surface area (Å²) in [5.41, 5.74) is -6.84. The van der Waals surface area contributed by atoms with E-state index < -0.39 is 63.0 Å². The highest BCUT2D eigenvalue weighted by Crippen LogP contribution is 2.45. The number of carbonyl (C=O) groups excluding carboxylic acids is 1. The molecule has 14 heteroatoms. The number of hydrogen-bond acceptors (Lipinski definition) is 5. The highest BCUT2D eigenvalue weighted by atomic mass is 32.2. The normalized spacial score (nSPS) is 24.2. The number of fused-ring (bicyclic) bond motifs is 1. The van der Waals surface area contributed by atoms with Crippen molar-refractivity contribution in [3.63, 3.8) is 0 Å². The first-order chi connectivity index (χ1) is 12.6. The van der Waals surface area contributed by atoms with Crippen LogP contribution in [0.5, 0.6) is 0 Å². The van der Waals surface area contributed by atoms with Crippen LogP contribution in [0.25, 0.3) is 0 Å². The second kappa shape index (κ2) is 5.60. The van der Waals surface area contributed by atoms with Crippen molar-refractivity contribution < 1.29 is 39.6 Å². The molecule has 2 aliphatic heterocycles. The summed E-state index contributed by atoms with van der Waals surface area (Å²) >= 11 is 0. The van der Waals surface area contributed by atoms with Crippen molar-refractivity contribution in [1.29, 1.82) is 5.26 Å². The minimum absolute atomic E-state index is 0.0416. The third kappa shape index (κ3) is 2.68. The van der Waals surface area contributed by atoms with Gasteiger partial charge in [-0.2, -0.15) is 53.8 Å². The van der Waals surface area contributed by atoms with E-state index in [0.717, 1.165) is 13.0 Å². The molecule has 0 aromatic heterocycles. The van der Waals surface area contributed by atoms with Crippen molar-refractivity contribution in [2.45, 2.75) is 31.2 Å². The highest BCUT2D eigenvalue weighted by molar-refractivity contribution is 7.92. The highest BCUT2D eigenvalue weighted by Gasteiger charge is 2.65. The number of hydrazone groups is 1.